The van der Waals surface area contributed by atoms with Gasteiger partial charge in [0.05, 0.1) is 0 Å². The van der Waals surface area contributed by atoms with Crippen molar-refractivity contribution in [3.63, 3.8) is 0 Å². The van der Waals surface area contributed by atoms with Gasteiger partial charge in [0.1, 0.15) is 10.7 Å². The van der Waals surface area contributed by atoms with Gasteiger partial charge in [-0.25, -0.2) is 17.5 Å². The third-order valence-corrected chi connectivity index (χ3v) is 3.37. The molecule has 1 rings (SSSR count). The molecule has 6 heteroatoms. The lowest BCUT2D eigenvalue weighted by Crippen LogP contribution is -2.25. The smallest absolute Gasteiger partial charge is 0.243 e. The van der Waals surface area contributed by atoms with E-state index in [-0.39, 0.29) is 17.8 Å². The zero-order valence-corrected chi connectivity index (χ0v) is 9.64. The molecule has 0 aliphatic heterocycles. The number of nitrogen functional groups attached to an aromatic ring is 1. The van der Waals surface area contributed by atoms with Crippen LogP contribution in [-0.4, -0.2) is 15.0 Å². The number of halogens is 1. The Kier molecular flexibility index (Phi) is 3.66. The molecule has 4 nitrogen and oxygen atoms in total. The first kappa shape index (κ1) is 12.7. The highest BCUT2D eigenvalue weighted by Gasteiger charge is 2.20. The molecule has 0 aliphatic rings. The molecule has 16 heavy (non-hydrogen) atoms. The standard InChI is InChI=1S/C10H13FN2O2S/c1-3-4-13-16(14,15)9-6-8(12)5-7(2)10(9)11/h3,5-6,13H,1,4,12H2,2H3. The molecule has 0 aromatic heterocycles. The predicted molar refractivity (Wildman–Crippen MR) is 60.9 cm³/mol. The summed E-state index contributed by atoms with van der Waals surface area (Å²) in [6.07, 6.45) is 1.37. The number of sulfonamides is 1. The van der Waals surface area contributed by atoms with Crippen molar-refractivity contribution in [3.05, 3.63) is 36.2 Å². The Labute approximate surface area is 94.0 Å². The second kappa shape index (κ2) is 4.63. The normalized spacial score (nSPS) is 11.4. The van der Waals surface area contributed by atoms with Crippen LogP contribution in [0.5, 0.6) is 0 Å². The van der Waals surface area contributed by atoms with Crippen LogP contribution in [-0.2, 0) is 10.0 Å². The molecule has 0 atom stereocenters. The number of rotatable bonds is 4. The number of nitrogens with two attached hydrogens (primary N) is 1. The first-order chi connectivity index (χ1) is 7.38. The summed E-state index contributed by atoms with van der Waals surface area (Å²) in [5.41, 5.74) is 5.87. The van der Waals surface area contributed by atoms with E-state index in [1.807, 2.05) is 0 Å². The van der Waals surface area contributed by atoms with Gasteiger partial charge >= 0.3 is 0 Å². The summed E-state index contributed by atoms with van der Waals surface area (Å²) in [6, 6.07) is 2.47. The molecule has 3 N–H and O–H groups in total. The van der Waals surface area contributed by atoms with Crippen molar-refractivity contribution in [2.45, 2.75) is 11.8 Å². The fraction of sp³-hybridized carbons (Fsp3) is 0.200. The first-order valence-corrected chi connectivity index (χ1v) is 6.03. The summed E-state index contributed by atoms with van der Waals surface area (Å²) in [5, 5.41) is 0. The highest BCUT2D eigenvalue weighted by Crippen LogP contribution is 2.21. The van der Waals surface area contributed by atoms with Crippen LogP contribution in [0.1, 0.15) is 5.56 Å². The fourth-order valence-corrected chi connectivity index (χ4v) is 2.39. The van der Waals surface area contributed by atoms with E-state index in [2.05, 4.69) is 11.3 Å². The van der Waals surface area contributed by atoms with Crippen LogP contribution in [0.15, 0.2) is 29.7 Å². The van der Waals surface area contributed by atoms with Crippen LogP contribution in [0.4, 0.5) is 10.1 Å². The summed E-state index contributed by atoms with van der Waals surface area (Å²) in [7, 11) is -3.87. The van der Waals surface area contributed by atoms with Gasteiger partial charge in [-0.2, -0.15) is 0 Å². The van der Waals surface area contributed by atoms with Crippen molar-refractivity contribution >= 4 is 15.7 Å². The minimum atomic E-state index is -3.87. The monoisotopic (exact) mass is 244 g/mol. The molecule has 0 spiro atoms. The van der Waals surface area contributed by atoms with Gasteiger partial charge in [-0.05, 0) is 24.6 Å². The summed E-state index contributed by atoms with van der Waals surface area (Å²) < 4.78 is 39.1. The Morgan fingerprint density at radius 2 is 2.19 bits per heavy atom. The Balaban J connectivity index is 3.27. The van der Waals surface area contributed by atoms with Crippen LogP contribution in [0.3, 0.4) is 0 Å². The van der Waals surface area contributed by atoms with E-state index in [9.17, 15) is 12.8 Å². The average molecular weight is 244 g/mol. The van der Waals surface area contributed by atoms with Crippen molar-refractivity contribution in [1.29, 1.82) is 0 Å². The van der Waals surface area contributed by atoms with Gasteiger partial charge in [-0.3, -0.25) is 0 Å². The highest BCUT2D eigenvalue weighted by atomic mass is 32.2. The second-order valence-corrected chi connectivity index (χ2v) is 5.03. The molecule has 88 valence electrons. The van der Waals surface area contributed by atoms with E-state index in [0.717, 1.165) is 6.07 Å². The van der Waals surface area contributed by atoms with E-state index in [4.69, 9.17) is 5.73 Å². The zero-order chi connectivity index (χ0) is 12.3. The number of nitrogens with one attached hydrogen (secondary N) is 1. The molecule has 0 radical (unpaired) electrons. The highest BCUT2D eigenvalue weighted by molar-refractivity contribution is 7.89. The van der Waals surface area contributed by atoms with Crippen molar-refractivity contribution in [2.75, 3.05) is 12.3 Å². The average Bonchev–Trinajstić information content (AvgIpc) is 2.20. The van der Waals surface area contributed by atoms with Gasteiger partial charge in [0.15, 0.2) is 0 Å². The molecule has 1 aromatic rings. The van der Waals surface area contributed by atoms with Crippen molar-refractivity contribution in [1.82, 2.24) is 4.72 Å². The van der Waals surface area contributed by atoms with Gasteiger partial charge < -0.3 is 5.73 Å². The lowest BCUT2D eigenvalue weighted by atomic mass is 10.2. The predicted octanol–water partition coefficient (Wildman–Crippen LogP) is 1.18. The summed E-state index contributed by atoms with van der Waals surface area (Å²) in [5.74, 6) is -0.786. The van der Waals surface area contributed by atoms with Crippen LogP contribution in [0.25, 0.3) is 0 Å². The van der Waals surface area contributed by atoms with E-state index < -0.39 is 20.7 Å². The van der Waals surface area contributed by atoms with E-state index >= 15 is 0 Å². The number of anilines is 1. The number of benzene rings is 1. The lowest BCUT2D eigenvalue weighted by Gasteiger charge is -2.08. The summed E-state index contributed by atoms with van der Waals surface area (Å²) in [6.45, 7) is 4.86. The number of hydrogen-bond acceptors (Lipinski definition) is 3. The SMILES string of the molecule is C=CCNS(=O)(=O)c1cc(N)cc(C)c1F. The lowest BCUT2D eigenvalue weighted by molar-refractivity contribution is 0.556. The molecule has 0 unspecified atom stereocenters. The molecular formula is C10H13FN2O2S. The maximum Gasteiger partial charge on any atom is 0.243 e. The molecule has 0 heterocycles. The molecule has 0 aliphatic carbocycles. The topological polar surface area (TPSA) is 72.2 Å². The number of hydrogen-bond donors (Lipinski definition) is 2. The van der Waals surface area contributed by atoms with Gasteiger partial charge in [-0.1, -0.05) is 6.08 Å². The second-order valence-electron chi connectivity index (χ2n) is 3.29. The van der Waals surface area contributed by atoms with Gasteiger partial charge in [0, 0.05) is 12.2 Å². The van der Waals surface area contributed by atoms with Crippen LogP contribution in [0.2, 0.25) is 0 Å². The number of aryl methyl sites for hydroxylation is 1. The largest absolute Gasteiger partial charge is 0.399 e. The molecule has 0 saturated heterocycles. The van der Waals surface area contributed by atoms with Gasteiger partial charge in [-0.15, -0.1) is 6.58 Å². The van der Waals surface area contributed by atoms with E-state index in [0.29, 0.717) is 0 Å². The minimum absolute atomic E-state index is 0.0373. The van der Waals surface area contributed by atoms with Crippen molar-refractivity contribution in [2.24, 2.45) is 0 Å². The van der Waals surface area contributed by atoms with Crippen LogP contribution in [0, 0.1) is 12.7 Å². The summed E-state index contributed by atoms with van der Waals surface area (Å²) >= 11 is 0. The quantitative estimate of drug-likeness (QED) is 0.617. The van der Waals surface area contributed by atoms with Gasteiger partial charge in [0.25, 0.3) is 0 Å². The Morgan fingerprint density at radius 3 is 2.75 bits per heavy atom. The van der Waals surface area contributed by atoms with Crippen LogP contribution >= 0.6 is 0 Å². The zero-order valence-electron chi connectivity index (χ0n) is 8.83. The molecule has 0 amide bonds. The maximum atomic E-state index is 13.6. The Bertz CT molecular complexity index is 512. The first-order valence-electron chi connectivity index (χ1n) is 4.54. The van der Waals surface area contributed by atoms with Gasteiger partial charge in [0.2, 0.25) is 10.0 Å². The minimum Gasteiger partial charge on any atom is -0.399 e. The Morgan fingerprint density at radius 1 is 1.56 bits per heavy atom. The molecule has 0 saturated carbocycles. The summed E-state index contributed by atoms with van der Waals surface area (Å²) in [4.78, 5) is -0.438. The molecular weight excluding hydrogens is 231 g/mol. The van der Waals surface area contributed by atoms with Crippen LogP contribution < -0.4 is 10.5 Å². The van der Waals surface area contributed by atoms with E-state index in [1.54, 1.807) is 0 Å². The maximum absolute atomic E-state index is 13.6. The molecule has 1 aromatic carbocycles. The third kappa shape index (κ3) is 2.59. The fourth-order valence-electron chi connectivity index (χ4n) is 1.21. The third-order valence-electron chi connectivity index (χ3n) is 1.95. The molecule has 0 bridgehead atoms. The van der Waals surface area contributed by atoms with Crippen molar-refractivity contribution < 1.29 is 12.8 Å². The Hall–Kier alpha value is -1.40. The molecule has 0 fully saturated rings. The van der Waals surface area contributed by atoms with E-state index in [1.165, 1.54) is 19.1 Å². The van der Waals surface area contributed by atoms with Crippen molar-refractivity contribution in [3.8, 4) is 0 Å².